The Morgan fingerprint density at radius 1 is 1.15 bits per heavy atom. The number of likely N-dealkylation sites (tertiary alicyclic amines) is 1. The van der Waals surface area contributed by atoms with E-state index in [0.717, 1.165) is 61.9 Å². The van der Waals surface area contributed by atoms with Gasteiger partial charge in [-0.05, 0) is 43.4 Å². The van der Waals surface area contributed by atoms with Crippen LogP contribution >= 0.6 is 0 Å². The van der Waals surface area contributed by atoms with E-state index in [-0.39, 0.29) is 5.91 Å². The highest BCUT2D eigenvalue weighted by molar-refractivity contribution is 5.96. The molecule has 2 aliphatic rings. The van der Waals surface area contributed by atoms with E-state index >= 15 is 0 Å². The topological polar surface area (TPSA) is 44.4 Å². The van der Waals surface area contributed by atoms with Crippen molar-refractivity contribution in [2.45, 2.75) is 26.2 Å². The fraction of sp³-hybridized carbons (Fsp3) is 0.562. The zero-order chi connectivity index (χ0) is 13.9. The number of carbonyl (C=O) groups excluding carboxylic acids is 1. The van der Waals surface area contributed by atoms with Gasteiger partial charge >= 0.3 is 0 Å². The quantitative estimate of drug-likeness (QED) is 0.827. The molecule has 20 heavy (non-hydrogen) atoms. The van der Waals surface area contributed by atoms with Gasteiger partial charge in [0.2, 0.25) is 0 Å². The van der Waals surface area contributed by atoms with Gasteiger partial charge in [0.25, 0.3) is 5.91 Å². The lowest BCUT2D eigenvalue weighted by atomic mass is 10.0. The first-order chi connectivity index (χ1) is 9.74. The lowest BCUT2D eigenvalue weighted by Gasteiger charge is -2.23. The van der Waals surface area contributed by atoms with Gasteiger partial charge in [0.1, 0.15) is 0 Å². The van der Waals surface area contributed by atoms with E-state index in [9.17, 15) is 4.79 Å². The Labute approximate surface area is 120 Å². The minimum Gasteiger partial charge on any atom is -0.382 e. The number of nitrogens with zero attached hydrogens (tertiary/aromatic N) is 1. The molecule has 0 spiro atoms. The standard InChI is InChI=1S/C16H23N3O/c1-12-3-2-9-19(10-6-12)16(20)13-4-5-14-15(11-13)18-8-7-17-14/h4-5,11-12,17-18H,2-3,6-10H2,1H3. The summed E-state index contributed by atoms with van der Waals surface area (Å²) in [6, 6.07) is 5.93. The molecule has 2 aliphatic heterocycles. The van der Waals surface area contributed by atoms with E-state index in [1.54, 1.807) is 0 Å². The monoisotopic (exact) mass is 273 g/mol. The molecule has 2 N–H and O–H groups in total. The fourth-order valence-electron chi connectivity index (χ4n) is 3.02. The zero-order valence-electron chi connectivity index (χ0n) is 12.1. The molecule has 108 valence electrons. The highest BCUT2D eigenvalue weighted by atomic mass is 16.2. The number of hydrogen-bond acceptors (Lipinski definition) is 3. The zero-order valence-corrected chi connectivity index (χ0v) is 12.1. The summed E-state index contributed by atoms with van der Waals surface area (Å²) in [5.41, 5.74) is 2.94. The van der Waals surface area contributed by atoms with Crippen LogP contribution in [0.2, 0.25) is 0 Å². The molecule has 1 fully saturated rings. The number of anilines is 2. The van der Waals surface area contributed by atoms with Crippen LogP contribution in [0.1, 0.15) is 36.5 Å². The van der Waals surface area contributed by atoms with Crippen LogP contribution in [0.15, 0.2) is 18.2 Å². The average molecular weight is 273 g/mol. The third kappa shape index (κ3) is 2.74. The van der Waals surface area contributed by atoms with Crippen LogP contribution in [0.5, 0.6) is 0 Å². The summed E-state index contributed by atoms with van der Waals surface area (Å²) in [7, 11) is 0. The summed E-state index contributed by atoms with van der Waals surface area (Å²) in [4.78, 5) is 14.6. The highest BCUT2D eigenvalue weighted by Gasteiger charge is 2.20. The number of amides is 1. The summed E-state index contributed by atoms with van der Waals surface area (Å²) in [6.07, 6.45) is 3.48. The van der Waals surface area contributed by atoms with Crippen LogP contribution in [0.25, 0.3) is 0 Å². The van der Waals surface area contributed by atoms with Crippen molar-refractivity contribution in [1.29, 1.82) is 0 Å². The molecule has 1 amide bonds. The summed E-state index contributed by atoms with van der Waals surface area (Å²) in [6.45, 7) is 5.91. The maximum atomic E-state index is 12.6. The maximum Gasteiger partial charge on any atom is 0.253 e. The van der Waals surface area contributed by atoms with Crippen LogP contribution in [0, 0.1) is 5.92 Å². The van der Waals surface area contributed by atoms with Crippen molar-refractivity contribution >= 4 is 17.3 Å². The molecule has 0 aromatic heterocycles. The molecule has 3 rings (SSSR count). The number of nitrogens with one attached hydrogen (secondary N) is 2. The van der Waals surface area contributed by atoms with Crippen molar-refractivity contribution in [3.05, 3.63) is 23.8 Å². The minimum atomic E-state index is 0.175. The highest BCUT2D eigenvalue weighted by Crippen LogP contribution is 2.26. The molecular formula is C16H23N3O. The van der Waals surface area contributed by atoms with Crippen LogP contribution in [-0.4, -0.2) is 37.0 Å². The van der Waals surface area contributed by atoms with E-state index < -0.39 is 0 Å². The number of hydrogen-bond donors (Lipinski definition) is 2. The molecule has 4 heteroatoms. The minimum absolute atomic E-state index is 0.175. The first-order valence-electron chi connectivity index (χ1n) is 7.65. The molecule has 4 nitrogen and oxygen atoms in total. The van der Waals surface area contributed by atoms with Crippen molar-refractivity contribution in [3.63, 3.8) is 0 Å². The number of rotatable bonds is 1. The van der Waals surface area contributed by atoms with Crippen molar-refractivity contribution in [1.82, 2.24) is 4.90 Å². The second kappa shape index (κ2) is 5.73. The molecule has 1 atom stereocenters. The van der Waals surface area contributed by atoms with E-state index in [4.69, 9.17) is 0 Å². The lowest BCUT2D eigenvalue weighted by Crippen LogP contribution is -2.32. The third-order valence-corrected chi connectivity index (χ3v) is 4.33. The largest absolute Gasteiger partial charge is 0.382 e. The van der Waals surface area contributed by atoms with E-state index in [2.05, 4.69) is 17.6 Å². The first-order valence-corrected chi connectivity index (χ1v) is 7.65. The molecular weight excluding hydrogens is 250 g/mol. The molecule has 2 heterocycles. The van der Waals surface area contributed by atoms with Gasteiger partial charge in [-0.3, -0.25) is 4.79 Å². The summed E-state index contributed by atoms with van der Waals surface area (Å²) in [5, 5.41) is 6.68. The summed E-state index contributed by atoms with van der Waals surface area (Å²) in [5.74, 6) is 0.913. The molecule has 1 saturated heterocycles. The summed E-state index contributed by atoms with van der Waals surface area (Å²) >= 11 is 0. The lowest BCUT2D eigenvalue weighted by molar-refractivity contribution is 0.0760. The molecule has 0 aliphatic carbocycles. The Bertz CT molecular complexity index is 500. The van der Waals surface area contributed by atoms with Crippen molar-refractivity contribution in [3.8, 4) is 0 Å². The third-order valence-electron chi connectivity index (χ3n) is 4.33. The molecule has 0 saturated carbocycles. The maximum absolute atomic E-state index is 12.6. The Hall–Kier alpha value is -1.71. The first kappa shape index (κ1) is 13.3. The van der Waals surface area contributed by atoms with E-state index in [0.29, 0.717) is 0 Å². The van der Waals surface area contributed by atoms with Gasteiger partial charge in [0.15, 0.2) is 0 Å². The smallest absolute Gasteiger partial charge is 0.253 e. The Balaban J connectivity index is 1.76. The SMILES string of the molecule is CC1CCCN(C(=O)c2ccc3c(c2)NCCN3)CC1. The van der Waals surface area contributed by atoms with Crippen LogP contribution in [-0.2, 0) is 0 Å². The van der Waals surface area contributed by atoms with Gasteiger partial charge in [-0.15, -0.1) is 0 Å². The average Bonchev–Trinajstić information content (AvgIpc) is 2.71. The molecule has 0 radical (unpaired) electrons. The van der Waals surface area contributed by atoms with Gasteiger partial charge in [0, 0.05) is 31.7 Å². The van der Waals surface area contributed by atoms with Crippen molar-refractivity contribution in [2.24, 2.45) is 5.92 Å². The number of benzene rings is 1. The van der Waals surface area contributed by atoms with Crippen molar-refractivity contribution < 1.29 is 4.79 Å². The normalized spacial score (nSPS) is 22.2. The molecule has 0 bridgehead atoms. The van der Waals surface area contributed by atoms with E-state index in [1.807, 2.05) is 23.1 Å². The molecule has 1 aromatic carbocycles. The number of carbonyl (C=O) groups is 1. The van der Waals surface area contributed by atoms with E-state index in [1.165, 1.54) is 6.42 Å². The number of fused-ring (bicyclic) bond motifs is 1. The van der Waals surface area contributed by atoms with Crippen LogP contribution < -0.4 is 10.6 Å². The summed E-state index contributed by atoms with van der Waals surface area (Å²) < 4.78 is 0. The fourth-order valence-corrected chi connectivity index (χ4v) is 3.02. The van der Waals surface area contributed by atoms with Crippen molar-refractivity contribution in [2.75, 3.05) is 36.8 Å². The second-order valence-electron chi connectivity index (χ2n) is 5.94. The predicted molar refractivity (Wildman–Crippen MR) is 82.3 cm³/mol. The van der Waals surface area contributed by atoms with Crippen LogP contribution in [0.4, 0.5) is 11.4 Å². The van der Waals surface area contributed by atoms with Gasteiger partial charge in [0.05, 0.1) is 11.4 Å². The molecule has 1 aromatic rings. The van der Waals surface area contributed by atoms with Gasteiger partial charge in [-0.25, -0.2) is 0 Å². The van der Waals surface area contributed by atoms with Gasteiger partial charge in [-0.1, -0.05) is 6.92 Å². The van der Waals surface area contributed by atoms with Crippen LogP contribution in [0.3, 0.4) is 0 Å². The van der Waals surface area contributed by atoms with Gasteiger partial charge in [-0.2, -0.15) is 0 Å². The predicted octanol–water partition coefficient (Wildman–Crippen LogP) is 2.79. The second-order valence-corrected chi connectivity index (χ2v) is 5.94. The van der Waals surface area contributed by atoms with Gasteiger partial charge < -0.3 is 15.5 Å². The Morgan fingerprint density at radius 2 is 1.95 bits per heavy atom. The Kier molecular flexibility index (Phi) is 3.81. The Morgan fingerprint density at radius 3 is 2.80 bits per heavy atom. The molecule has 1 unspecified atom stereocenters.